The van der Waals surface area contributed by atoms with Crippen LogP contribution < -0.4 is 5.73 Å². The lowest BCUT2D eigenvalue weighted by Gasteiger charge is -2.08. The summed E-state index contributed by atoms with van der Waals surface area (Å²) in [6.45, 7) is 3.51. The number of rotatable bonds is 6. The number of carboxylic acid groups (broad SMARTS) is 1. The van der Waals surface area contributed by atoms with Gasteiger partial charge in [0.25, 0.3) is 0 Å². The quantitative estimate of drug-likeness (QED) is 0.617. The molecule has 3 N–H and O–H groups in total. The molecule has 0 amide bonds. The Morgan fingerprint density at radius 3 is 2.50 bits per heavy atom. The third kappa shape index (κ3) is 6.73. The van der Waals surface area contributed by atoms with Crippen LogP contribution in [0.4, 0.5) is 0 Å². The average Bonchev–Trinajstić information content (AvgIpc) is 2.02. The van der Waals surface area contributed by atoms with Crippen LogP contribution in [0.5, 0.6) is 0 Å². The Bertz CT molecular complexity index is 208. The SMILES string of the molecule is CC(C)OC(=O)CSC[C@@H](N)C(=O)O. The van der Waals surface area contributed by atoms with Crippen molar-refractivity contribution in [3.05, 3.63) is 0 Å². The van der Waals surface area contributed by atoms with E-state index in [0.717, 1.165) is 11.8 Å². The van der Waals surface area contributed by atoms with Gasteiger partial charge in [-0.15, -0.1) is 11.8 Å². The number of esters is 1. The maximum absolute atomic E-state index is 11.0. The van der Waals surface area contributed by atoms with Gasteiger partial charge in [0.2, 0.25) is 0 Å². The second-order valence-electron chi connectivity index (χ2n) is 3.00. The highest BCUT2D eigenvalue weighted by Crippen LogP contribution is 2.03. The minimum absolute atomic E-state index is 0.138. The third-order valence-corrected chi connectivity index (χ3v) is 2.24. The molecule has 14 heavy (non-hydrogen) atoms. The van der Waals surface area contributed by atoms with Gasteiger partial charge < -0.3 is 15.6 Å². The minimum Gasteiger partial charge on any atom is -0.480 e. The zero-order valence-corrected chi connectivity index (χ0v) is 9.04. The molecule has 0 fully saturated rings. The van der Waals surface area contributed by atoms with E-state index in [4.69, 9.17) is 15.6 Å². The molecule has 0 aliphatic heterocycles. The number of carbonyl (C=O) groups excluding carboxylic acids is 1. The van der Waals surface area contributed by atoms with Crippen LogP contribution >= 0.6 is 11.8 Å². The summed E-state index contributed by atoms with van der Waals surface area (Å²) in [4.78, 5) is 21.3. The van der Waals surface area contributed by atoms with E-state index in [1.165, 1.54) is 0 Å². The van der Waals surface area contributed by atoms with Gasteiger partial charge in [-0.05, 0) is 13.8 Å². The van der Waals surface area contributed by atoms with E-state index in [1.54, 1.807) is 13.8 Å². The number of thioether (sulfide) groups is 1. The zero-order chi connectivity index (χ0) is 11.1. The van der Waals surface area contributed by atoms with Crippen molar-refractivity contribution in [3.8, 4) is 0 Å². The maximum Gasteiger partial charge on any atom is 0.321 e. The Labute approximate surface area is 87.0 Å². The Morgan fingerprint density at radius 2 is 2.07 bits per heavy atom. The monoisotopic (exact) mass is 221 g/mol. The van der Waals surface area contributed by atoms with Crippen LogP contribution in [0.25, 0.3) is 0 Å². The van der Waals surface area contributed by atoms with Crippen LogP contribution in [0.1, 0.15) is 13.8 Å². The van der Waals surface area contributed by atoms with E-state index >= 15 is 0 Å². The Balaban J connectivity index is 3.54. The summed E-state index contributed by atoms with van der Waals surface area (Å²) in [5.41, 5.74) is 5.23. The Morgan fingerprint density at radius 1 is 1.50 bits per heavy atom. The van der Waals surface area contributed by atoms with Gasteiger partial charge in [-0.1, -0.05) is 0 Å². The zero-order valence-electron chi connectivity index (χ0n) is 8.23. The Kier molecular flexibility index (Phi) is 6.31. The first-order valence-corrected chi connectivity index (χ1v) is 5.34. The molecule has 5 nitrogen and oxygen atoms in total. The van der Waals surface area contributed by atoms with Gasteiger partial charge in [-0.3, -0.25) is 9.59 Å². The van der Waals surface area contributed by atoms with Crippen LogP contribution in [0, 0.1) is 0 Å². The number of carboxylic acids is 1. The Hall–Kier alpha value is -0.750. The maximum atomic E-state index is 11.0. The number of hydrogen-bond donors (Lipinski definition) is 2. The van der Waals surface area contributed by atoms with E-state index in [2.05, 4.69) is 0 Å². The molecule has 0 heterocycles. The largest absolute Gasteiger partial charge is 0.480 e. The van der Waals surface area contributed by atoms with E-state index in [1.807, 2.05) is 0 Å². The van der Waals surface area contributed by atoms with Crippen molar-refractivity contribution < 1.29 is 19.4 Å². The lowest BCUT2D eigenvalue weighted by atomic mass is 10.4. The molecule has 0 aliphatic rings. The van der Waals surface area contributed by atoms with Gasteiger partial charge in [0.1, 0.15) is 6.04 Å². The molecule has 1 atom stereocenters. The first-order chi connectivity index (χ1) is 6.43. The van der Waals surface area contributed by atoms with Crippen LogP contribution in [-0.2, 0) is 14.3 Å². The van der Waals surface area contributed by atoms with E-state index in [-0.39, 0.29) is 23.6 Å². The van der Waals surface area contributed by atoms with Crippen LogP contribution in [0.2, 0.25) is 0 Å². The van der Waals surface area contributed by atoms with Gasteiger partial charge in [-0.2, -0.15) is 0 Å². The van der Waals surface area contributed by atoms with Crippen LogP contribution in [-0.4, -0.2) is 40.7 Å². The standard InChI is InChI=1S/C8H15NO4S/c1-5(2)13-7(10)4-14-3-6(9)8(11)12/h5-6H,3-4,9H2,1-2H3,(H,11,12)/t6-/m1/s1. The molecule has 0 aromatic carbocycles. The predicted molar refractivity (Wildman–Crippen MR) is 54.2 cm³/mol. The van der Waals surface area contributed by atoms with E-state index in [0.29, 0.717) is 0 Å². The number of carbonyl (C=O) groups is 2. The molecule has 0 radical (unpaired) electrons. The molecule has 82 valence electrons. The summed E-state index contributed by atoms with van der Waals surface area (Å²) in [6.07, 6.45) is -0.142. The molecule has 0 aromatic heterocycles. The lowest BCUT2D eigenvalue weighted by Crippen LogP contribution is -2.32. The van der Waals surface area contributed by atoms with Gasteiger partial charge in [0.15, 0.2) is 0 Å². The molecule has 0 rings (SSSR count). The van der Waals surface area contributed by atoms with Crippen molar-refractivity contribution in [2.24, 2.45) is 5.73 Å². The van der Waals surface area contributed by atoms with Crippen molar-refractivity contribution in [2.45, 2.75) is 26.0 Å². The van der Waals surface area contributed by atoms with E-state index in [9.17, 15) is 9.59 Å². The number of ether oxygens (including phenoxy) is 1. The van der Waals surface area contributed by atoms with Crippen LogP contribution in [0.15, 0.2) is 0 Å². The molecule has 0 aromatic rings. The molecule has 0 bridgehead atoms. The summed E-state index contributed by atoms with van der Waals surface area (Å²) < 4.78 is 4.84. The molecule has 0 aliphatic carbocycles. The molecule has 0 unspecified atom stereocenters. The second kappa shape index (κ2) is 6.67. The lowest BCUT2D eigenvalue weighted by molar-refractivity contribution is -0.144. The van der Waals surface area contributed by atoms with Crippen molar-refractivity contribution in [2.75, 3.05) is 11.5 Å². The number of hydrogen-bond acceptors (Lipinski definition) is 5. The smallest absolute Gasteiger partial charge is 0.321 e. The van der Waals surface area contributed by atoms with Crippen molar-refractivity contribution in [1.82, 2.24) is 0 Å². The summed E-state index contributed by atoms with van der Waals surface area (Å²) in [6, 6.07) is -0.924. The first-order valence-electron chi connectivity index (χ1n) is 4.19. The summed E-state index contributed by atoms with van der Waals surface area (Å²) >= 11 is 1.16. The number of nitrogens with two attached hydrogens (primary N) is 1. The van der Waals surface area contributed by atoms with Gasteiger partial charge in [-0.25, -0.2) is 0 Å². The molecule has 6 heteroatoms. The average molecular weight is 221 g/mol. The molecular weight excluding hydrogens is 206 g/mol. The second-order valence-corrected chi connectivity index (χ2v) is 4.03. The molecule has 0 saturated carbocycles. The summed E-state index contributed by atoms with van der Waals surface area (Å²) in [7, 11) is 0. The fourth-order valence-corrected chi connectivity index (χ4v) is 1.39. The minimum atomic E-state index is -1.06. The molecular formula is C8H15NO4S. The number of aliphatic carboxylic acids is 1. The topological polar surface area (TPSA) is 89.6 Å². The first kappa shape index (κ1) is 13.2. The van der Waals surface area contributed by atoms with Crippen molar-refractivity contribution in [1.29, 1.82) is 0 Å². The summed E-state index contributed by atoms with van der Waals surface area (Å²) in [5.74, 6) is -1.06. The van der Waals surface area contributed by atoms with Gasteiger partial charge >= 0.3 is 11.9 Å². The van der Waals surface area contributed by atoms with Crippen LogP contribution in [0.3, 0.4) is 0 Å². The summed E-state index contributed by atoms with van der Waals surface area (Å²) in [5, 5.41) is 8.44. The highest BCUT2D eigenvalue weighted by atomic mass is 32.2. The van der Waals surface area contributed by atoms with Crippen molar-refractivity contribution in [3.63, 3.8) is 0 Å². The fourth-order valence-electron chi connectivity index (χ4n) is 0.637. The molecule has 0 spiro atoms. The fraction of sp³-hybridized carbons (Fsp3) is 0.750. The highest BCUT2D eigenvalue weighted by Gasteiger charge is 2.12. The van der Waals surface area contributed by atoms with Gasteiger partial charge in [0, 0.05) is 5.75 Å². The molecule has 0 saturated heterocycles. The third-order valence-electron chi connectivity index (χ3n) is 1.20. The normalized spacial score (nSPS) is 12.6. The van der Waals surface area contributed by atoms with Gasteiger partial charge in [0.05, 0.1) is 11.9 Å². The highest BCUT2D eigenvalue weighted by molar-refractivity contribution is 8.00. The van der Waals surface area contributed by atoms with Crippen molar-refractivity contribution >= 4 is 23.7 Å². The van der Waals surface area contributed by atoms with E-state index < -0.39 is 12.0 Å². The predicted octanol–water partition coefficient (Wildman–Crippen LogP) is 0.0831.